The van der Waals surface area contributed by atoms with Crippen molar-refractivity contribution in [1.29, 1.82) is 0 Å². The molecule has 33 heavy (non-hydrogen) atoms. The van der Waals surface area contributed by atoms with Crippen LogP contribution in [0.3, 0.4) is 0 Å². The smallest absolute Gasteiger partial charge is 0.262 e. The van der Waals surface area contributed by atoms with Crippen LogP contribution in [0.2, 0.25) is 10.0 Å². The zero-order valence-electron chi connectivity index (χ0n) is 19.2. The molecule has 0 saturated carbocycles. The highest BCUT2D eigenvalue weighted by atomic mass is 35.5. The fourth-order valence-electron chi connectivity index (χ4n) is 2.85. The summed E-state index contributed by atoms with van der Waals surface area (Å²) >= 11 is 11.9. The minimum atomic E-state index is -0.798. The molecule has 7 nitrogen and oxygen atoms in total. The molecule has 0 radical (unpaired) electrons. The summed E-state index contributed by atoms with van der Waals surface area (Å²) in [6.45, 7) is 6.36. The number of halogens is 2. The van der Waals surface area contributed by atoms with Crippen LogP contribution in [0.1, 0.15) is 49.5 Å². The van der Waals surface area contributed by atoms with Gasteiger partial charge in [0.25, 0.3) is 11.8 Å². The lowest BCUT2D eigenvalue weighted by Crippen LogP contribution is -2.48. The molecule has 0 bridgehead atoms. The molecule has 1 unspecified atom stereocenters. The van der Waals surface area contributed by atoms with Crippen LogP contribution < -0.4 is 20.2 Å². The van der Waals surface area contributed by atoms with E-state index in [1.165, 1.54) is 18.3 Å². The number of methoxy groups -OCH3 is 1. The minimum absolute atomic E-state index is 0.174. The van der Waals surface area contributed by atoms with E-state index in [0.717, 1.165) is 18.4 Å². The minimum Gasteiger partial charge on any atom is -0.493 e. The first-order valence-corrected chi connectivity index (χ1v) is 11.4. The van der Waals surface area contributed by atoms with Gasteiger partial charge in [0.05, 0.1) is 30.0 Å². The van der Waals surface area contributed by atoms with Gasteiger partial charge in [-0.3, -0.25) is 9.59 Å². The van der Waals surface area contributed by atoms with Crippen molar-refractivity contribution in [2.24, 2.45) is 11.0 Å². The number of hydrogen-bond donors (Lipinski definition) is 2. The van der Waals surface area contributed by atoms with E-state index in [-0.39, 0.29) is 10.9 Å². The fourth-order valence-corrected chi connectivity index (χ4v) is 3.15. The Bertz CT molecular complexity index is 996. The standard InChI is InChI=1S/C24H29Cl2N3O4/c1-5-6-11-33-20-10-7-16(12-21(20)32-4)14-27-29-24(31)22(15(2)3)28-23(30)17-8-9-18(25)19(26)13-17/h7-10,12-15,22H,5-6,11H2,1-4H3,(H,28,30)(H,29,31). The number of benzene rings is 2. The van der Waals surface area contributed by atoms with Crippen LogP contribution in [0.5, 0.6) is 11.5 Å². The summed E-state index contributed by atoms with van der Waals surface area (Å²) in [5.74, 6) is 0.176. The maximum absolute atomic E-state index is 12.7. The Morgan fingerprint density at radius 1 is 1.09 bits per heavy atom. The van der Waals surface area contributed by atoms with E-state index < -0.39 is 17.9 Å². The van der Waals surface area contributed by atoms with Crippen molar-refractivity contribution in [2.45, 2.75) is 39.7 Å². The van der Waals surface area contributed by atoms with E-state index in [1.807, 2.05) is 19.9 Å². The van der Waals surface area contributed by atoms with Crippen molar-refractivity contribution in [2.75, 3.05) is 13.7 Å². The van der Waals surface area contributed by atoms with Gasteiger partial charge in [-0.05, 0) is 54.3 Å². The van der Waals surface area contributed by atoms with Crippen LogP contribution in [0, 0.1) is 5.92 Å². The Labute approximate surface area is 204 Å². The lowest BCUT2D eigenvalue weighted by atomic mass is 10.0. The molecular formula is C24H29Cl2N3O4. The molecule has 2 N–H and O–H groups in total. The summed E-state index contributed by atoms with van der Waals surface area (Å²) in [6.07, 6.45) is 3.49. The number of nitrogens with one attached hydrogen (secondary N) is 2. The number of nitrogens with zero attached hydrogens (tertiary/aromatic N) is 1. The number of carbonyl (C=O) groups excluding carboxylic acids is 2. The summed E-state index contributed by atoms with van der Waals surface area (Å²) in [5.41, 5.74) is 3.50. The fraction of sp³-hybridized carbons (Fsp3) is 0.375. The predicted octanol–water partition coefficient (Wildman–Crippen LogP) is 5.09. The highest BCUT2D eigenvalue weighted by Gasteiger charge is 2.24. The number of amides is 2. The third kappa shape index (κ3) is 7.94. The quantitative estimate of drug-likeness (QED) is 0.259. The average molecular weight is 494 g/mol. The molecule has 0 fully saturated rings. The summed E-state index contributed by atoms with van der Waals surface area (Å²) in [7, 11) is 1.56. The molecule has 2 rings (SSSR count). The van der Waals surface area contributed by atoms with Crippen LogP contribution in [0.4, 0.5) is 0 Å². The van der Waals surface area contributed by atoms with Crippen LogP contribution in [-0.2, 0) is 4.79 Å². The van der Waals surface area contributed by atoms with Crippen LogP contribution in [-0.4, -0.2) is 37.8 Å². The van der Waals surface area contributed by atoms with Gasteiger partial charge < -0.3 is 14.8 Å². The zero-order chi connectivity index (χ0) is 24.4. The molecule has 0 aliphatic rings. The van der Waals surface area contributed by atoms with Crippen LogP contribution >= 0.6 is 23.2 Å². The summed E-state index contributed by atoms with van der Waals surface area (Å²) in [4.78, 5) is 25.2. The molecule has 0 spiro atoms. The van der Waals surface area contributed by atoms with Gasteiger partial charge in [-0.25, -0.2) is 5.43 Å². The van der Waals surface area contributed by atoms with E-state index in [0.29, 0.717) is 28.7 Å². The second-order valence-corrected chi connectivity index (χ2v) is 8.49. The SMILES string of the molecule is CCCCOc1ccc(C=NNC(=O)C(NC(=O)c2ccc(Cl)c(Cl)c2)C(C)C)cc1OC. The molecule has 0 aromatic heterocycles. The van der Waals surface area contributed by atoms with Crippen LogP contribution in [0.15, 0.2) is 41.5 Å². The number of ether oxygens (including phenoxy) is 2. The summed E-state index contributed by atoms with van der Waals surface area (Å²) in [5, 5.41) is 7.34. The van der Waals surface area contributed by atoms with Gasteiger partial charge in [0.2, 0.25) is 0 Å². The zero-order valence-corrected chi connectivity index (χ0v) is 20.7. The highest BCUT2D eigenvalue weighted by Crippen LogP contribution is 2.27. The van der Waals surface area contributed by atoms with Gasteiger partial charge in [0.1, 0.15) is 6.04 Å². The van der Waals surface area contributed by atoms with Gasteiger partial charge >= 0.3 is 0 Å². The van der Waals surface area contributed by atoms with Crippen molar-refractivity contribution in [3.05, 3.63) is 57.6 Å². The van der Waals surface area contributed by atoms with Crippen molar-refractivity contribution in [3.63, 3.8) is 0 Å². The number of hydrogen-bond acceptors (Lipinski definition) is 5. The first kappa shape index (κ1) is 26.5. The number of unbranched alkanes of at least 4 members (excludes halogenated alkanes) is 1. The van der Waals surface area contributed by atoms with Crippen molar-refractivity contribution < 1.29 is 19.1 Å². The van der Waals surface area contributed by atoms with E-state index in [4.69, 9.17) is 32.7 Å². The Kier molecular flexibility index (Phi) is 10.5. The van der Waals surface area contributed by atoms with Crippen molar-refractivity contribution in [1.82, 2.24) is 10.7 Å². The monoisotopic (exact) mass is 493 g/mol. The van der Waals surface area contributed by atoms with Gasteiger partial charge in [0.15, 0.2) is 11.5 Å². The third-order valence-electron chi connectivity index (χ3n) is 4.75. The molecule has 0 aliphatic carbocycles. The molecule has 1 atom stereocenters. The Morgan fingerprint density at radius 2 is 1.85 bits per heavy atom. The lowest BCUT2D eigenvalue weighted by Gasteiger charge is -2.20. The Balaban J connectivity index is 2.02. The molecule has 2 aromatic carbocycles. The molecule has 2 aromatic rings. The molecule has 0 saturated heterocycles. The first-order chi connectivity index (χ1) is 15.8. The number of carbonyl (C=O) groups is 2. The molecule has 0 heterocycles. The lowest BCUT2D eigenvalue weighted by molar-refractivity contribution is -0.123. The largest absolute Gasteiger partial charge is 0.493 e. The van der Waals surface area contributed by atoms with E-state index >= 15 is 0 Å². The van der Waals surface area contributed by atoms with Crippen LogP contribution in [0.25, 0.3) is 0 Å². The van der Waals surface area contributed by atoms with E-state index in [9.17, 15) is 9.59 Å². The Hall–Kier alpha value is -2.77. The second kappa shape index (κ2) is 13.1. The molecule has 2 amide bonds. The topological polar surface area (TPSA) is 89.0 Å². The highest BCUT2D eigenvalue weighted by molar-refractivity contribution is 6.42. The summed E-state index contributed by atoms with van der Waals surface area (Å²) in [6, 6.07) is 9.10. The number of hydrazone groups is 1. The molecule has 178 valence electrons. The summed E-state index contributed by atoms with van der Waals surface area (Å²) < 4.78 is 11.1. The Morgan fingerprint density at radius 3 is 2.48 bits per heavy atom. The first-order valence-electron chi connectivity index (χ1n) is 10.7. The normalized spacial score (nSPS) is 12.0. The van der Waals surface area contributed by atoms with E-state index in [1.54, 1.807) is 25.3 Å². The van der Waals surface area contributed by atoms with Gasteiger partial charge in [0, 0.05) is 5.56 Å². The number of rotatable bonds is 11. The third-order valence-corrected chi connectivity index (χ3v) is 5.49. The predicted molar refractivity (Wildman–Crippen MR) is 132 cm³/mol. The van der Waals surface area contributed by atoms with Crippen molar-refractivity contribution in [3.8, 4) is 11.5 Å². The van der Waals surface area contributed by atoms with Gasteiger partial charge in [-0.1, -0.05) is 50.4 Å². The molecular weight excluding hydrogens is 465 g/mol. The average Bonchev–Trinajstić information content (AvgIpc) is 2.79. The maximum atomic E-state index is 12.7. The van der Waals surface area contributed by atoms with Crippen molar-refractivity contribution >= 4 is 41.2 Å². The maximum Gasteiger partial charge on any atom is 0.262 e. The van der Waals surface area contributed by atoms with E-state index in [2.05, 4.69) is 22.8 Å². The molecule has 9 heteroatoms. The van der Waals surface area contributed by atoms with Gasteiger partial charge in [-0.2, -0.15) is 5.10 Å². The molecule has 0 aliphatic heterocycles. The second-order valence-electron chi connectivity index (χ2n) is 7.67. The van der Waals surface area contributed by atoms with Gasteiger partial charge in [-0.15, -0.1) is 0 Å².